The third-order valence-corrected chi connectivity index (χ3v) is 2.04. The van der Waals surface area contributed by atoms with Crippen molar-refractivity contribution in [3.8, 4) is 0 Å². The maximum absolute atomic E-state index is 11.4. The molecule has 0 aromatic carbocycles. The van der Waals surface area contributed by atoms with Gasteiger partial charge < -0.3 is 4.90 Å². The zero-order chi connectivity index (χ0) is 10.4. The van der Waals surface area contributed by atoms with Crippen molar-refractivity contribution in [1.29, 1.82) is 0 Å². The Morgan fingerprint density at radius 3 is 2.31 bits per heavy atom. The first-order valence-corrected chi connectivity index (χ1v) is 5.15. The molecule has 0 aliphatic carbocycles. The van der Waals surface area contributed by atoms with Gasteiger partial charge in [0.1, 0.15) is 0 Å². The lowest BCUT2D eigenvalue weighted by Crippen LogP contribution is -2.40. The molecule has 5 heteroatoms. The third-order valence-electron chi connectivity index (χ3n) is 1.48. The number of carbonyl (C=O) groups excluding carboxylic acids is 1. The van der Waals surface area contributed by atoms with E-state index in [4.69, 9.17) is 34.8 Å². The molecule has 0 unspecified atom stereocenters. The highest BCUT2D eigenvalue weighted by Crippen LogP contribution is 2.10. The summed E-state index contributed by atoms with van der Waals surface area (Å²) in [5.74, 6) is -0.298. The van der Waals surface area contributed by atoms with E-state index in [1.54, 1.807) is 11.0 Å². The summed E-state index contributed by atoms with van der Waals surface area (Å²) >= 11 is 16.3. The van der Waals surface area contributed by atoms with Gasteiger partial charge in [0.2, 0.25) is 0 Å². The highest BCUT2D eigenvalue weighted by Gasteiger charge is 2.21. The summed E-state index contributed by atoms with van der Waals surface area (Å²) < 4.78 is 0. The second-order valence-electron chi connectivity index (χ2n) is 2.75. The molecule has 76 valence electrons. The third kappa shape index (κ3) is 4.75. The van der Waals surface area contributed by atoms with E-state index in [-0.39, 0.29) is 11.9 Å². The summed E-state index contributed by atoms with van der Waals surface area (Å²) in [6, 6.07) is 0.0559. The maximum Gasteiger partial charge on any atom is 0.256 e. The minimum Gasteiger partial charge on any atom is -0.334 e. The van der Waals surface area contributed by atoms with Crippen molar-refractivity contribution in [2.75, 3.05) is 6.54 Å². The van der Waals surface area contributed by atoms with E-state index < -0.39 is 4.84 Å². The van der Waals surface area contributed by atoms with E-state index in [9.17, 15) is 4.79 Å². The number of halogens is 3. The van der Waals surface area contributed by atoms with Crippen LogP contribution < -0.4 is 0 Å². The van der Waals surface area contributed by atoms with Crippen molar-refractivity contribution in [2.45, 2.75) is 24.7 Å². The second kappa shape index (κ2) is 6.52. The van der Waals surface area contributed by atoms with Crippen LogP contribution >= 0.6 is 34.8 Å². The molecule has 0 fully saturated rings. The molecule has 0 radical (unpaired) electrons. The lowest BCUT2D eigenvalue weighted by molar-refractivity contribution is -0.130. The molecule has 0 spiro atoms. The van der Waals surface area contributed by atoms with Gasteiger partial charge in [-0.15, -0.1) is 0 Å². The number of hydrogen-bond donors (Lipinski definition) is 0. The van der Waals surface area contributed by atoms with Gasteiger partial charge in [0.15, 0.2) is 4.84 Å². The number of hydrogen-bond acceptors (Lipinski definition) is 1. The minimum atomic E-state index is -1.01. The van der Waals surface area contributed by atoms with Crippen LogP contribution in [0.25, 0.3) is 0 Å². The summed E-state index contributed by atoms with van der Waals surface area (Å²) in [7, 11) is 0. The number of rotatable bonds is 4. The van der Waals surface area contributed by atoms with Gasteiger partial charge in [0.25, 0.3) is 5.91 Å². The van der Waals surface area contributed by atoms with Crippen molar-refractivity contribution < 1.29 is 4.79 Å². The fraction of sp³-hybridized carbons (Fsp3) is 0.625. The lowest BCUT2D eigenvalue weighted by atomic mass is 10.3. The van der Waals surface area contributed by atoms with Crippen molar-refractivity contribution >= 4 is 40.7 Å². The number of alkyl halides is 2. The lowest BCUT2D eigenvalue weighted by Gasteiger charge is -2.25. The topological polar surface area (TPSA) is 20.3 Å². The van der Waals surface area contributed by atoms with Gasteiger partial charge in [-0.1, -0.05) is 40.9 Å². The average Bonchev–Trinajstić information content (AvgIpc) is 2.04. The highest BCUT2D eigenvalue weighted by molar-refractivity contribution is 6.53. The summed E-state index contributed by atoms with van der Waals surface area (Å²) in [5.41, 5.74) is 1.36. The summed E-state index contributed by atoms with van der Waals surface area (Å²) in [6.07, 6.45) is 1.66. The fourth-order valence-electron chi connectivity index (χ4n) is 0.834. The molecule has 1 amide bonds. The Morgan fingerprint density at radius 2 is 2.00 bits per heavy atom. The van der Waals surface area contributed by atoms with Crippen LogP contribution in [-0.4, -0.2) is 28.2 Å². The van der Waals surface area contributed by atoms with Gasteiger partial charge in [0.05, 0.1) is 0 Å². The molecule has 0 aromatic rings. The summed E-state index contributed by atoms with van der Waals surface area (Å²) in [6.45, 7) is 4.20. The van der Waals surface area contributed by atoms with Gasteiger partial charge in [-0.05, 0) is 13.8 Å². The van der Waals surface area contributed by atoms with Crippen LogP contribution in [0.2, 0.25) is 0 Å². The van der Waals surface area contributed by atoms with Crippen molar-refractivity contribution in [2.24, 2.45) is 0 Å². The largest absolute Gasteiger partial charge is 0.334 e. The number of carbonyl (C=O) groups is 1. The standard InChI is InChI=1S/C8H12Cl3NO/c1-6(2)12(5-3-4-9)8(13)7(10)11/h3-4,6-7H,5H2,1-2H3/b4-3+. The van der Waals surface area contributed by atoms with Gasteiger partial charge in [-0.2, -0.15) is 0 Å². The molecule has 0 N–H and O–H groups in total. The number of nitrogens with zero attached hydrogens (tertiary/aromatic N) is 1. The van der Waals surface area contributed by atoms with E-state index in [1.807, 2.05) is 13.8 Å². The molecule has 0 aliphatic heterocycles. The smallest absolute Gasteiger partial charge is 0.256 e. The van der Waals surface area contributed by atoms with Gasteiger partial charge >= 0.3 is 0 Å². The SMILES string of the molecule is CC(C)N(C/C=C/Cl)C(=O)C(Cl)Cl. The predicted octanol–water partition coefficient (Wildman–Crippen LogP) is 2.78. The van der Waals surface area contributed by atoms with Crippen molar-refractivity contribution in [3.63, 3.8) is 0 Å². The molecule has 2 nitrogen and oxygen atoms in total. The Morgan fingerprint density at radius 1 is 1.46 bits per heavy atom. The first-order chi connectivity index (χ1) is 6.00. The van der Waals surface area contributed by atoms with Crippen LogP contribution in [0, 0.1) is 0 Å². The van der Waals surface area contributed by atoms with Crippen LogP contribution in [0.5, 0.6) is 0 Å². The van der Waals surface area contributed by atoms with Crippen LogP contribution in [0.1, 0.15) is 13.8 Å². The van der Waals surface area contributed by atoms with E-state index in [0.717, 1.165) is 0 Å². The normalized spacial score (nSPS) is 11.6. The molecule has 0 bridgehead atoms. The van der Waals surface area contributed by atoms with Gasteiger partial charge in [-0.3, -0.25) is 4.79 Å². The van der Waals surface area contributed by atoms with E-state index in [2.05, 4.69) is 0 Å². The van der Waals surface area contributed by atoms with Crippen molar-refractivity contribution in [3.05, 3.63) is 11.6 Å². The van der Waals surface area contributed by atoms with Crippen molar-refractivity contribution in [1.82, 2.24) is 4.90 Å². The first kappa shape index (κ1) is 13.1. The van der Waals surface area contributed by atoms with E-state index >= 15 is 0 Å². The summed E-state index contributed by atoms with van der Waals surface area (Å²) in [5, 5.41) is 0. The second-order valence-corrected chi connectivity index (χ2v) is 4.09. The molecule has 13 heavy (non-hydrogen) atoms. The van der Waals surface area contributed by atoms with Gasteiger partial charge in [-0.25, -0.2) is 0 Å². The highest BCUT2D eigenvalue weighted by atomic mass is 35.5. The van der Waals surface area contributed by atoms with Gasteiger partial charge in [0, 0.05) is 18.1 Å². The average molecular weight is 245 g/mol. The zero-order valence-corrected chi connectivity index (χ0v) is 9.77. The quantitative estimate of drug-likeness (QED) is 0.697. The molecule has 0 rings (SSSR count). The molecular formula is C8H12Cl3NO. The minimum absolute atomic E-state index is 0.0559. The van der Waals surface area contributed by atoms with Crippen LogP contribution in [0.4, 0.5) is 0 Å². The Balaban J connectivity index is 4.33. The molecule has 0 saturated heterocycles. The van der Waals surface area contributed by atoms with E-state index in [1.165, 1.54) is 5.54 Å². The molecule has 0 atom stereocenters. The molecule has 0 heterocycles. The zero-order valence-electron chi connectivity index (χ0n) is 7.51. The monoisotopic (exact) mass is 243 g/mol. The Bertz CT molecular complexity index is 192. The van der Waals surface area contributed by atoms with Crippen LogP contribution in [0.3, 0.4) is 0 Å². The van der Waals surface area contributed by atoms with E-state index in [0.29, 0.717) is 6.54 Å². The van der Waals surface area contributed by atoms with Crippen LogP contribution in [0.15, 0.2) is 11.6 Å². The van der Waals surface area contributed by atoms with Crippen LogP contribution in [-0.2, 0) is 4.79 Å². The summed E-state index contributed by atoms with van der Waals surface area (Å²) in [4.78, 5) is 11.9. The first-order valence-electron chi connectivity index (χ1n) is 3.84. The maximum atomic E-state index is 11.4. The Labute approximate surface area is 93.4 Å². The molecule has 0 saturated carbocycles. The fourth-order valence-corrected chi connectivity index (χ4v) is 1.16. The predicted molar refractivity (Wildman–Crippen MR) is 57.3 cm³/mol. The molecule has 0 aliphatic rings. The number of amides is 1. The molecular weight excluding hydrogens is 232 g/mol. The Hall–Kier alpha value is 0.0800. The Kier molecular flexibility index (Phi) is 6.56. The molecule has 0 aromatic heterocycles.